The second-order valence-electron chi connectivity index (χ2n) is 11.1. The molecular weight excluding hydrogens is 519 g/mol. The third-order valence-electron chi connectivity index (χ3n) is 8.18. The summed E-state index contributed by atoms with van der Waals surface area (Å²) in [4.78, 5) is 25.8. The maximum Gasteiger partial charge on any atom is 0.266 e. The average molecular weight is 556 g/mol. The van der Waals surface area contributed by atoms with Crippen LogP contribution < -0.4 is 15.0 Å². The zero-order chi connectivity index (χ0) is 28.7. The topological polar surface area (TPSA) is 70.6 Å². The molecule has 0 saturated heterocycles. The predicted octanol–water partition coefficient (Wildman–Crippen LogP) is 6.38. The van der Waals surface area contributed by atoms with Gasteiger partial charge in [0.2, 0.25) is 5.91 Å². The summed E-state index contributed by atoms with van der Waals surface area (Å²) in [6.45, 7) is 4.78. The molecule has 0 spiro atoms. The molecular formula is C30H36F3N5O2. The minimum absolute atomic E-state index is 0.0223. The molecule has 1 N–H and O–H groups in total. The summed E-state index contributed by atoms with van der Waals surface area (Å²) < 4.78 is 48.0. The first-order chi connectivity index (χ1) is 19.1. The van der Waals surface area contributed by atoms with Crippen molar-refractivity contribution in [2.45, 2.75) is 57.9 Å². The predicted molar refractivity (Wildman–Crippen MR) is 150 cm³/mol. The van der Waals surface area contributed by atoms with Gasteiger partial charge in [-0.1, -0.05) is 18.2 Å². The molecule has 5 rings (SSSR count). The minimum atomic E-state index is -2.90. The summed E-state index contributed by atoms with van der Waals surface area (Å²) in [5.41, 5.74) is 2.19. The van der Waals surface area contributed by atoms with E-state index in [2.05, 4.69) is 21.3 Å². The van der Waals surface area contributed by atoms with E-state index in [0.717, 1.165) is 59.7 Å². The van der Waals surface area contributed by atoms with Gasteiger partial charge in [0.25, 0.3) is 6.43 Å². The molecule has 1 saturated carbocycles. The van der Waals surface area contributed by atoms with Crippen LogP contribution in [0, 0.1) is 18.7 Å². The molecule has 0 radical (unpaired) electrons. The lowest BCUT2D eigenvalue weighted by Gasteiger charge is -2.35. The van der Waals surface area contributed by atoms with E-state index in [0.29, 0.717) is 24.8 Å². The third-order valence-corrected chi connectivity index (χ3v) is 8.18. The first-order valence-electron chi connectivity index (χ1n) is 13.8. The number of anilines is 2. The Morgan fingerprint density at radius 1 is 1.15 bits per heavy atom. The molecule has 7 nitrogen and oxygen atoms in total. The number of hydrogen-bond acceptors (Lipinski definition) is 6. The van der Waals surface area contributed by atoms with Gasteiger partial charge in [-0.05, 0) is 51.5 Å². The Morgan fingerprint density at radius 2 is 1.85 bits per heavy atom. The number of carbonyl (C=O) groups is 1. The molecule has 2 aromatic carbocycles. The molecule has 1 amide bonds. The largest absolute Gasteiger partial charge is 0.489 e. The fourth-order valence-corrected chi connectivity index (χ4v) is 6.05. The fourth-order valence-electron chi connectivity index (χ4n) is 6.05. The second-order valence-corrected chi connectivity index (χ2v) is 11.1. The van der Waals surface area contributed by atoms with E-state index >= 15 is 0 Å². The monoisotopic (exact) mass is 555 g/mol. The molecule has 2 heterocycles. The van der Waals surface area contributed by atoms with Crippen LogP contribution in [0.15, 0.2) is 24.3 Å². The Morgan fingerprint density at radius 3 is 2.52 bits per heavy atom. The van der Waals surface area contributed by atoms with Gasteiger partial charge in [0.15, 0.2) is 0 Å². The summed E-state index contributed by atoms with van der Waals surface area (Å²) in [7, 11) is 5.60. The van der Waals surface area contributed by atoms with Gasteiger partial charge in [0, 0.05) is 43.6 Å². The third kappa shape index (κ3) is 5.15. The van der Waals surface area contributed by atoms with Gasteiger partial charge < -0.3 is 19.9 Å². The zero-order valence-corrected chi connectivity index (χ0v) is 23.6. The maximum atomic E-state index is 15.0. The number of hydrogen-bond donors (Lipinski definition) is 1. The van der Waals surface area contributed by atoms with Crippen molar-refractivity contribution in [3.63, 3.8) is 0 Å². The van der Waals surface area contributed by atoms with Crippen LogP contribution in [0.25, 0.3) is 10.9 Å². The number of alkyl halides is 2. The average Bonchev–Trinajstić information content (AvgIpc) is 2.92. The normalized spacial score (nSPS) is 19.8. The highest BCUT2D eigenvalue weighted by molar-refractivity contribution is 6.01. The zero-order valence-electron chi connectivity index (χ0n) is 23.6. The molecule has 2 aliphatic rings. The first kappa shape index (κ1) is 28.0. The van der Waals surface area contributed by atoms with Crippen LogP contribution in [0.4, 0.5) is 24.7 Å². The van der Waals surface area contributed by atoms with Gasteiger partial charge in [-0.25, -0.2) is 23.1 Å². The molecule has 0 unspecified atom stereocenters. The lowest BCUT2D eigenvalue weighted by Crippen LogP contribution is -2.32. The van der Waals surface area contributed by atoms with E-state index in [4.69, 9.17) is 9.72 Å². The van der Waals surface area contributed by atoms with Crippen LogP contribution in [0.1, 0.15) is 73.5 Å². The second kappa shape index (κ2) is 11.1. The molecule has 1 atom stereocenters. The van der Waals surface area contributed by atoms with Crippen LogP contribution in [0.5, 0.6) is 5.75 Å². The molecule has 1 aliphatic carbocycles. The first-order valence-corrected chi connectivity index (χ1v) is 13.8. The van der Waals surface area contributed by atoms with Crippen molar-refractivity contribution in [3.8, 4) is 5.75 Å². The Kier molecular flexibility index (Phi) is 7.79. The van der Waals surface area contributed by atoms with Crippen LogP contribution in [-0.4, -0.2) is 55.1 Å². The van der Waals surface area contributed by atoms with E-state index in [-0.39, 0.29) is 23.3 Å². The number of aromatic nitrogens is 2. The lowest BCUT2D eigenvalue weighted by molar-refractivity contribution is -0.134. The number of carbonyl (C=O) groups excluding carboxylic acids is 1. The summed E-state index contributed by atoms with van der Waals surface area (Å²) in [6.07, 6.45) is 0.411. The van der Waals surface area contributed by atoms with Gasteiger partial charge in [-0.3, -0.25) is 4.79 Å². The number of benzene rings is 2. The van der Waals surface area contributed by atoms with Gasteiger partial charge in [-0.2, -0.15) is 0 Å². The van der Waals surface area contributed by atoms with Crippen LogP contribution >= 0.6 is 0 Å². The highest BCUT2D eigenvalue weighted by Gasteiger charge is 2.33. The molecule has 1 aromatic heterocycles. The molecule has 214 valence electrons. The van der Waals surface area contributed by atoms with Crippen molar-refractivity contribution in [3.05, 3.63) is 52.6 Å². The minimum Gasteiger partial charge on any atom is -0.489 e. The van der Waals surface area contributed by atoms with Crippen LogP contribution in [0.3, 0.4) is 0 Å². The summed E-state index contributed by atoms with van der Waals surface area (Å²) in [5.74, 6) is 1.33. The van der Waals surface area contributed by atoms with Crippen molar-refractivity contribution in [1.82, 2.24) is 14.9 Å². The van der Waals surface area contributed by atoms with Gasteiger partial charge in [0.1, 0.15) is 41.0 Å². The van der Waals surface area contributed by atoms with E-state index < -0.39 is 23.8 Å². The quantitative estimate of drug-likeness (QED) is 0.381. The number of ether oxygens (including phenoxy) is 1. The van der Waals surface area contributed by atoms with Crippen LogP contribution in [0.2, 0.25) is 0 Å². The number of rotatable bonds is 6. The highest BCUT2D eigenvalue weighted by Crippen LogP contribution is 2.48. The fraction of sp³-hybridized carbons (Fsp3) is 0.500. The van der Waals surface area contributed by atoms with Crippen LogP contribution in [-0.2, 0) is 4.79 Å². The standard InChI is InChI=1S/C30H36F3N5O2/c1-16(20-7-6-8-21(24(20)31)28(32)33)34-29-23-15-22(18-9-11-19(12-10-18)30(39)37(3)4)27-26(38(5)13-14-40-27)25(23)35-17(2)36-29/h6-8,15-16,18-19,28H,9-14H2,1-5H3,(H,34,35,36)/t16-,18?,19?/m1/s1. The number of fused-ring (bicyclic) bond motifs is 3. The smallest absolute Gasteiger partial charge is 0.266 e. The summed E-state index contributed by atoms with van der Waals surface area (Å²) >= 11 is 0. The number of halogens is 3. The number of amides is 1. The summed E-state index contributed by atoms with van der Waals surface area (Å²) in [6, 6.07) is 5.50. The Balaban J connectivity index is 1.57. The lowest BCUT2D eigenvalue weighted by atomic mass is 9.77. The highest BCUT2D eigenvalue weighted by atomic mass is 19.3. The molecule has 0 bridgehead atoms. The molecule has 10 heteroatoms. The number of nitrogens with one attached hydrogen (secondary N) is 1. The van der Waals surface area contributed by atoms with Crippen molar-refractivity contribution >= 4 is 28.3 Å². The molecule has 40 heavy (non-hydrogen) atoms. The molecule has 1 aliphatic heterocycles. The van der Waals surface area contributed by atoms with Crippen molar-refractivity contribution in [2.75, 3.05) is 44.5 Å². The Labute approximate surface area is 232 Å². The summed E-state index contributed by atoms with van der Waals surface area (Å²) in [5, 5.41) is 4.05. The van der Waals surface area contributed by atoms with Gasteiger partial charge in [0.05, 0.1) is 18.2 Å². The molecule has 3 aromatic rings. The van der Waals surface area contributed by atoms with Crippen molar-refractivity contribution in [1.29, 1.82) is 0 Å². The number of aryl methyl sites for hydroxylation is 1. The van der Waals surface area contributed by atoms with Gasteiger partial charge in [-0.15, -0.1) is 0 Å². The number of nitrogens with zero attached hydrogens (tertiary/aromatic N) is 4. The Bertz CT molecular complexity index is 1420. The van der Waals surface area contributed by atoms with E-state index in [9.17, 15) is 18.0 Å². The molecule has 1 fully saturated rings. The maximum absolute atomic E-state index is 15.0. The van der Waals surface area contributed by atoms with E-state index in [1.165, 1.54) is 12.1 Å². The van der Waals surface area contributed by atoms with Crippen molar-refractivity contribution in [2.24, 2.45) is 5.92 Å². The van der Waals surface area contributed by atoms with E-state index in [1.54, 1.807) is 32.8 Å². The number of likely N-dealkylation sites (N-methyl/N-ethyl adjacent to an activating group) is 1. The van der Waals surface area contributed by atoms with E-state index in [1.807, 2.05) is 7.05 Å². The van der Waals surface area contributed by atoms with Gasteiger partial charge >= 0.3 is 0 Å². The van der Waals surface area contributed by atoms with Crippen molar-refractivity contribution < 1.29 is 22.7 Å². The SMILES string of the molecule is Cc1nc(N[C@H](C)c2cccc(C(F)F)c2F)c2cc(C3CCC(C(=O)N(C)C)CC3)c3c(c2n1)N(C)CCO3. The Hall–Kier alpha value is -3.56.